The molecule has 22 heavy (non-hydrogen) atoms. The lowest BCUT2D eigenvalue weighted by molar-refractivity contribution is 0.0696. The first-order valence-electron chi connectivity index (χ1n) is 6.29. The molecule has 0 amide bonds. The highest BCUT2D eigenvalue weighted by molar-refractivity contribution is 7.92. The van der Waals surface area contributed by atoms with Crippen LogP contribution in [0, 0.1) is 0 Å². The van der Waals surface area contributed by atoms with Crippen LogP contribution in [0.1, 0.15) is 10.4 Å². The van der Waals surface area contributed by atoms with E-state index in [1.807, 2.05) is 0 Å². The van der Waals surface area contributed by atoms with Crippen molar-refractivity contribution in [1.29, 1.82) is 0 Å². The van der Waals surface area contributed by atoms with Gasteiger partial charge in [0, 0.05) is 11.5 Å². The fourth-order valence-corrected chi connectivity index (χ4v) is 3.06. The molecule has 2 aromatic carbocycles. The fraction of sp³-hybridized carbons (Fsp3) is 0. The van der Waals surface area contributed by atoms with Gasteiger partial charge in [-0.15, -0.1) is 0 Å². The molecule has 6 nitrogen and oxygen atoms in total. The number of anilines is 1. The maximum atomic E-state index is 12.3. The summed E-state index contributed by atoms with van der Waals surface area (Å²) in [5.74, 6) is -1.11. The van der Waals surface area contributed by atoms with E-state index in [9.17, 15) is 13.2 Å². The van der Waals surface area contributed by atoms with E-state index in [-0.39, 0.29) is 10.5 Å². The second-order valence-corrected chi connectivity index (χ2v) is 6.29. The Morgan fingerprint density at radius 2 is 1.77 bits per heavy atom. The molecule has 0 unspecified atom stereocenters. The van der Waals surface area contributed by atoms with Crippen molar-refractivity contribution >= 4 is 32.6 Å². The quantitative estimate of drug-likeness (QED) is 0.771. The molecule has 112 valence electrons. The van der Waals surface area contributed by atoms with Crippen LogP contribution < -0.4 is 4.72 Å². The van der Waals surface area contributed by atoms with Crippen molar-refractivity contribution in [2.75, 3.05) is 4.72 Å². The van der Waals surface area contributed by atoms with E-state index in [1.165, 1.54) is 30.5 Å². The number of fused-ring (bicyclic) bond motifs is 1. The normalized spacial score (nSPS) is 11.5. The van der Waals surface area contributed by atoms with Crippen LogP contribution in [0.3, 0.4) is 0 Å². The Hall–Kier alpha value is -2.80. The summed E-state index contributed by atoms with van der Waals surface area (Å²) in [5, 5.41) is 9.69. The van der Waals surface area contributed by atoms with Gasteiger partial charge in [0.1, 0.15) is 5.58 Å². The van der Waals surface area contributed by atoms with Crippen LogP contribution in [0.2, 0.25) is 0 Å². The number of carboxylic acid groups (broad SMARTS) is 1. The van der Waals surface area contributed by atoms with Crippen molar-refractivity contribution in [3.8, 4) is 0 Å². The molecule has 7 heteroatoms. The number of rotatable bonds is 4. The van der Waals surface area contributed by atoms with E-state index in [1.54, 1.807) is 24.3 Å². The van der Waals surface area contributed by atoms with Gasteiger partial charge in [0.2, 0.25) is 0 Å². The largest absolute Gasteiger partial charge is 0.478 e. The number of aromatic carboxylic acids is 1. The number of sulfonamides is 1. The molecule has 3 rings (SSSR count). The number of hydrogen-bond acceptors (Lipinski definition) is 4. The highest BCUT2D eigenvalue weighted by Gasteiger charge is 2.15. The third-order valence-electron chi connectivity index (χ3n) is 3.12. The van der Waals surface area contributed by atoms with Crippen LogP contribution in [0.15, 0.2) is 64.1 Å². The summed E-state index contributed by atoms with van der Waals surface area (Å²) in [4.78, 5) is 10.8. The van der Waals surface area contributed by atoms with E-state index in [2.05, 4.69) is 4.72 Å². The van der Waals surface area contributed by atoms with Gasteiger partial charge in [-0.1, -0.05) is 0 Å². The van der Waals surface area contributed by atoms with E-state index in [0.29, 0.717) is 11.3 Å². The van der Waals surface area contributed by atoms with Crippen LogP contribution in [0.5, 0.6) is 0 Å². The summed E-state index contributed by atoms with van der Waals surface area (Å²) in [6.45, 7) is 0. The molecule has 0 bridgehead atoms. The standard InChI is InChI=1S/C15H11NO5S/c17-15(18)11-2-5-13(6-3-11)22(19,20)16-12-4-1-10-7-8-21-14(10)9-12/h1-9,16H,(H,17,18). The molecule has 0 saturated heterocycles. The van der Waals surface area contributed by atoms with Gasteiger partial charge in [-0.3, -0.25) is 4.72 Å². The zero-order chi connectivity index (χ0) is 15.7. The van der Waals surface area contributed by atoms with Gasteiger partial charge in [-0.05, 0) is 42.5 Å². The molecule has 3 aromatic rings. The number of carboxylic acids is 1. The third-order valence-corrected chi connectivity index (χ3v) is 4.52. The van der Waals surface area contributed by atoms with Crippen LogP contribution >= 0.6 is 0 Å². The average molecular weight is 317 g/mol. The van der Waals surface area contributed by atoms with Gasteiger partial charge in [0.15, 0.2) is 0 Å². The average Bonchev–Trinajstić information content (AvgIpc) is 2.94. The molecule has 0 aliphatic carbocycles. The monoisotopic (exact) mass is 317 g/mol. The summed E-state index contributed by atoms with van der Waals surface area (Å²) < 4.78 is 32.2. The van der Waals surface area contributed by atoms with Gasteiger partial charge >= 0.3 is 5.97 Å². The van der Waals surface area contributed by atoms with Gasteiger partial charge in [0.05, 0.1) is 22.4 Å². The second-order valence-electron chi connectivity index (χ2n) is 4.61. The molecule has 2 N–H and O–H groups in total. The fourth-order valence-electron chi connectivity index (χ4n) is 2.01. The highest BCUT2D eigenvalue weighted by atomic mass is 32.2. The van der Waals surface area contributed by atoms with Gasteiger partial charge in [-0.2, -0.15) is 0 Å². The first kappa shape index (κ1) is 14.2. The zero-order valence-corrected chi connectivity index (χ0v) is 12.0. The molecule has 0 aliphatic rings. The van der Waals surface area contributed by atoms with Crippen molar-refractivity contribution in [3.63, 3.8) is 0 Å². The lowest BCUT2D eigenvalue weighted by Crippen LogP contribution is -2.13. The number of hydrogen-bond donors (Lipinski definition) is 2. The topological polar surface area (TPSA) is 96.6 Å². The number of furan rings is 1. The third kappa shape index (κ3) is 2.66. The summed E-state index contributed by atoms with van der Waals surface area (Å²) in [5.41, 5.74) is 0.960. The Bertz CT molecular complexity index is 941. The van der Waals surface area contributed by atoms with Crippen LogP contribution in [0.4, 0.5) is 5.69 Å². The minimum Gasteiger partial charge on any atom is -0.478 e. The van der Waals surface area contributed by atoms with E-state index in [0.717, 1.165) is 5.39 Å². The lowest BCUT2D eigenvalue weighted by Gasteiger charge is -2.08. The molecule has 0 fully saturated rings. The van der Waals surface area contributed by atoms with Crippen molar-refractivity contribution in [2.24, 2.45) is 0 Å². The minimum atomic E-state index is -3.79. The SMILES string of the molecule is O=C(O)c1ccc(S(=O)(=O)Nc2ccc3ccoc3c2)cc1. The molecule has 0 spiro atoms. The summed E-state index contributed by atoms with van der Waals surface area (Å²) in [6.07, 6.45) is 1.52. The van der Waals surface area contributed by atoms with Crippen LogP contribution in [-0.2, 0) is 10.0 Å². The minimum absolute atomic E-state index is 0.0166. The molecule has 0 aliphatic heterocycles. The Labute approximate surface area is 126 Å². The van der Waals surface area contributed by atoms with E-state index < -0.39 is 16.0 Å². The van der Waals surface area contributed by atoms with Crippen molar-refractivity contribution in [3.05, 3.63) is 60.4 Å². The predicted octanol–water partition coefficient (Wildman–Crippen LogP) is 2.93. The number of benzene rings is 2. The van der Waals surface area contributed by atoms with Crippen molar-refractivity contribution in [2.45, 2.75) is 4.90 Å². The Morgan fingerprint density at radius 3 is 2.45 bits per heavy atom. The molecular formula is C15H11NO5S. The van der Waals surface area contributed by atoms with Gasteiger partial charge in [-0.25, -0.2) is 13.2 Å². The first-order chi connectivity index (χ1) is 10.5. The maximum absolute atomic E-state index is 12.3. The lowest BCUT2D eigenvalue weighted by atomic mass is 10.2. The summed E-state index contributed by atoms with van der Waals surface area (Å²) in [7, 11) is -3.79. The molecule has 0 radical (unpaired) electrons. The Balaban J connectivity index is 1.90. The Kier molecular flexibility index (Phi) is 3.34. The molecular weight excluding hydrogens is 306 g/mol. The highest BCUT2D eigenvalue weighted by Crippen LogP contribution is 2.22. The Morgan fingerprint density at radius 1 is 1.05 bits per heavy atom. The van der Waals surface area contributed by atoms with Crippen LogP contribution in [0.25, 0.3) is 11.0 Å². The first-order valence-corrected chi connectivity index (χ1v) is 7.77. The predicted molar refractivity (Wildman–Crippen MR) is 80.4 cm³/mol. The second kappa shape index (κ2) is 5.19. The van der Waals surface area contributed by atoms with Gasteiger partial charge in [0.25, 0.3) is 10.0 Å². The summed E-state index contributed by atoms with van der Waals surface area (Å²) >= 11 is 0. The maximum Gasteiger partial charge on any atom is 0.335 e. The molecule has 1 aromatic heterocycles. The van der Waals surface area contributed by atoms with Crippen molar-refractivity contribution < 1.29 is 22.7 Å². The molecule has 1 heterocycles. The van der Waals surface area contributed by atoms with Crippen molar-refractivity contribution in [1.82, 2.24) is 0 Å². The number of carbonyl (C=O) groups is 1. The zero-order valence-electron chi connectivity index (χ0n) is 11.2. The molecule has 0 saturated carbocycles. The molecule has 0 atom stereocenters. The number of nitrogens with one attached hydrogen (secondary N) is 1. The van der Waals surface area contributed by atoms with E-state index >= 15 is 0 Å². The van der Waals surface area contributed by atoms with Crippen LogP contribution in [-0.4, -0.2) is 19.5 Å². The summed E-state index contributed by atoms with van der Waals surface area (Å²) in [6, 6.07) is 11.7. The van der Waals surface area contributed by atoms with E-state index in [4.69, 9.17) is 9.52 Å². The smallest absolute Gasteiger partial charge is 0.335 e. The van der Waals surface area contributed by atoms with Gasteiger partial charge < -0.3 is 9.52 Å².